The molecule has 0 spiro atoms. The number of benzene rings is 1. The molecule has 5 heteroatoms. The van der Waals surface area contributed by atoms with Gasteiger partial charge in [0, 0.05) is 24.8 Å². The number of carbonyl (C=O) groups excluding carboxylic acids is 2. The average Bonchev–Trinajstić information content (AvgIpc) is 2.35. The van der Waals surface area contributed by atoms with Gasteiger partial charge in [-0.05, 0) is 24.0 Å². The van der Waals surface area contributed by atoms with E-state index in [-0.39, 0.29) is 5.75 Å². The summed E-state index contributed by atoms with van der Waals surface area (Å²) >= 11 is 0. The van der Waals surface area contributed by atoms with Gasteiger partial charge < -0.3 is 15.3 Å². The summed E-state index contributed by atoms with van der Waals surface area (Å²) in [5.74, 6) is -0.591. The molecule has 0 aromatic heterocycles. The van der Waals surface area contributed by atoms with E-state index in [1.54, 1.807) is 17.0 Å². The van der Waals surface area contributed by atoms with E-state index in [9.17, 15) is 14.7 Å². The van der Waals surface area contributed by atoms with Gasteiger partial charge in [0.2, 0.25) is 0 Å². The van der Waals surface area contributed by atoms with Gasteiger partial charge in [-0.25, -0.2) is 0 Å². The van der Waals surface area contributed by atoms with Gasteiger partial charge in [-0.2, -0.15) is 0 Å². The molecule has 0 aliphatic rings. The summed E-state index contributed by atoms with van der Waals surface area (Å²) in [5.41, 5.74) is 0.405. The second-order valence-corrected chi connectivity index (χ2v) is 6.00. The van der Waals surface area contributed by atoms with E-state index in [2.05, 4.69) is 5.32 Å². The van der Waals surface area contributed by atoms with Crippen LogP contribution in [0.1, 0.15) is 27.7 Å². The Morgan fingerprint density at radius 3 is 2.19 bits per heavy atom. The van der Waals surface area contributed by atoms with Crippen molar-refractivity contribution in [1.82, 2.24) is 4.90 Å². The minimum absolute atomic E-state index is 0.0430. The van der Waals surface area contributed by atoms with Crippen LogP contribution < -0.4 is 5.32 Å². The molecule has 116 valence electrons. The van der Waals surface area contributed by atoms with E-state index < -0.39 is 11.8 Å². The number of anilines is 1. The van der Waals surface area contributed by atoms with Crippen molar-refractivity contribution in [2.24, 2.45) is 11.8 Å². The molecule has 0 atom stereocenters. The number of amides is 2. The minimum atomic E-state index is -0.679. The fourth-order valence-corrected chi connectivity index (χ4v) is 2.03. The predicted octanol–water partition coefficient (Wildman–Crippen LogP) is 2.47. The van der Waals surface area contributed by atoms with Gasteiger partial charge in [0.1, 0.15) is 5.75 Å². The van der Waals surface area contributed by atoms with Crippen molar-refractivity contribution in [3.8, 4) is 5.75 Å². The molecule has 2 N–H and O–H groups in total. The first-order valence-corrected chi connectivity index (χ1v) is 7.19. The van der Waals surface area contributed by atoms with Crippen LogP contribution in [-0.4, -0.2) is 34.9 Å². The lowest BCUT2D eigenvalue weighted by Gasteiger charge is -2.25. The van der Waals surface area contributed by atoms with Crippen LogP contribution in [0.5, 0.6) is 5.75 Å². The Labute approximate surface area is 126 Å². The van der Waals surface area contributed by atoms with E-state index >= 15 is 0 Å². The van der Waals surface area contributed by atoms with Crippen molar-refractivity contribution in [2.45, 2.75) is 27.7 Å². The summed E-state index contributed by atoms with van der Waals surface area (Å²) in [5, 5.41) is 11.9. The molecule has 1 aromatic rings. The minimum Gasteiger partial charge on any atom is -0.508 e. The van der Waals surface area contributed by atoms with Crippen LogP contribution in [0.4, 0.5) is 5.69 Å². The standard InChI is InChI=1S/C16H24N2O3/c1-11(2)9-18(10-12(3)4)16(21)15(20)17-13-6-5-7-14(19)8-13/h5-8,11-12,19H,9-10H2,1-4H3,(H,17,20). The Morgan fingerprint density at radius 2 is 1.71 bits per heavy atom. The SMILES string of the molecule is CC(C)CN(CC(C)C)C(=O)C(=O)Nc1cccc(O)c1. The van der Waals surface area contributed by atoms with Gasteiger partial charge in [0.25, 0.3) is 0 Å². The molecule has 2 amide bonds. The zero-order valence-corrected chi connectivity index (χ0v) is 13.1. The number of aromatic hydroxyl groups is 1. The molecule has 0 saturated carbocycles. The zero-order chi connectivity index (χ0) is 16.0. The van der Waals surface area contributed by atoms with Crippen LogP contribution in [-0.2, 0) is 9.59 Å². The van der Waals surface area contributed by atoms with Crippen molar-refractivity contribution < 1.29 is 14.7 Å². The molecule has 0 heterocycles. The van der Waals surface area contributed by atoms with Crippen LogP contribution in [0.25, 0.3) is 0 Å². The van der Waals surface area contributed by atoms with Crippen molar-refractivity contribution >= 4 is 17.5 Å². The molecular formula is C16H24N2O3. The first-order chi connectivity index (χ1) is 9.79. The molecule has 0 radical (unpaired) electrons. The first-order valence-electron chi connectivity index (χ1n) is 7.19. The molecule has 0 fully saturated rings. The molecular weight excluding hydrogens is 268 g/mol. The van der Waals surface area contributed by atoms with E-state index in [0.29, 0.717) is 30.6 Å². The molecule has 0 aliphatic carbocycles. The number of phenolic OH excluding ortho intramolecular Hbond substituents is 1. The van der Waals surface area contributed by atoms with Crippen molar-refractivity contribution in [3.63, 3.8) is 0 Å². The van der Waals surface area contributed by atoms with Gasteiger partial charge in [0.05, 0.1) is 0 Å². The highest BCUT2D eigenvalue weighted by Gasteiger charge is 2.23. The normalized spacial score (nSPS) is 10.8. The molecule has 21 heavy (non-hydrogen) atoms. The maximum atomic E-state index is 12.3. The summed E-state index contributed by atoms with van der Waals surface area (Å²) in [7, 11) is 0. The third-order valence-corrected chi connectivity index (χ3v) is 2.76. The zero-order valence-electron chi connectivity index (χ0n) is 13.1. The highest BCUT2D eigenvalue weighted by Crippen LogP contribution is 2.15. The predicted molar refractivity (Wildman–Crippen MR) is 83.0 cm³/mol. The topological polar surface area (TPSA) is 69.6 Å². The molecule has 1 aromatic carbocycles. The summed E-state index contributed by atoms with van der Waals surface area (Å²) in [6, 6.07) is 6.14. The summed E-state index contributed by atoms with van der Waals surface area (Å²) < 4.78 is 0. The second-order valence-electron chi connectivity index (χ2n) is 6.00. The Hall–Kier alpha value is -2.04. The van der Waals surface area contributed by atoms with Crippen LogP contribution in [0.15, 0.2) is 24.3 Å². The van der Waals surface area contributed by atoms with Crippen molar-refractivity contribution in [2.75, 3.05) is 18.4 Å². The largest absolute Gasteiger partial charge is 0.508 e. The van der Waals surface area contributed by atoms with Crippen LogP contribution >= 0.6 is 0 Å². The smallest absolute Gasteiger partial charge is 0.313 e. The number of rotatable bonds is 5. The van der Waals surface area contributed by atoms with E-state index in [1.807, 2.05) is 27.7 Å². The second kappa shape index (κ2) is 7.67. The molecule has 0 saturated heterocycles. The fourth-order valence-electron chi connectivity index (χ4n) is 2.03. The molecule has 1 rings (SSSR count). The monoisotopic (exact) mass is 292 g/mol. The average molecular weight is 292 g/mol. The summed E-state index contributed by atoms with van der Waals surface area (Å²) in [6.45, 7) is 9.12. The highest BCUT2D eigenvalue weighted by molar-refractivity contribution is 6.39. The third-order valence-electron chi connectivity index (χ3n) is 2.76. The van der Waals surface area contributed by atoms with Crippen LogP contribution in [0, 0.1) is 11.8 Å². The van der Waals surface area contributed by atoms with Crippen LogP contribution in [0.3, 0.4) is 0 Å². The number of hydrogen-bond acceptors (Lipinski definition) is 3. The lowest BCUT2D eigenvalue weighted by molar-refractivity contribution is -0.143. The molecule has 0 unspecified atom stereocenters. The van der Waals surface area contributed by atoms with Crippen molar-refractivity contribution in [3.05, 3.63) is 24.3 Å². The number of nitrogens with one attached hydrogen (secondary N) is 1. The molecule has 5 nitrogen and oxygen atoms in total. The summed E-state index contributed by atoms with van der Waals surface area (Å²) in [6.07, 6.45) is 0. The number of nitrogens with zero attached hydrogens (tertiary/aromatic N) is 1. The number of phenols is 1. The lowest BCUT2D eigenvalue weighted by atomic mass is 10.1. The van der Waals surface area contributed by atoms with Gasteiger partial charge in [0.15, 0.2) is 0 Å². The number of carbonyl (C=O) groups is 2. The highest BCUT2D eigenvalue weighted by atomic mass is 16.3. The van der Waals surface area contributed by atoms with Gasteiger partial charge >= 0.3 is 11.8 Å². The third kappa shape index (κ3) is 5.85. The Bertz CT molecular complexity index is 488. The van der Waals surface area contributed by atoms with E-state index in [0.717, 1.165) is 0 Å². The Morgan fingerprint density at radius 1 is 1.14 bits per heavy atom. The quantitative estimate of drug-likeness (QED) is 0.819. The van der Waals surface area contributed by atoms with Gasteiger partial charge in [-0.1, -0.05) is 33.8 Å². The van der Waals surface area contributed by atoms with E-state index in [1.165, 1.54) is 12.1 Å². The summed E-state index contributed by atoms with van der Waals surface area (Å²) in [4.78, 5) is 25.9. The molecule has 0 bridgehead atoms. The van der Waals surface area contributed by atoms with E-state index in [4.69, 9.17) is 0 Å². The van der Waals surface area contributed by atoms with Gasteiger partial charge in [-0.15, -0.1) is 0 Å². The molecule has 0 aliphatic heterocycles. The van der Waals surface area contributed by atoms with Crippen molar-refractivity contribution in [1.29, 1.82) is 0 Å². The Balaban J connectivity index is 2.75. The lowest BCUT2D eigenvalue weighted by Crippen LogP contribution is -2.43. The van der Waals surface area contributed by atoms with Gasteiger partial charge in [-0.3, -0.25) is 9.59 Å². The maximum absolute atomic E-state index is 12.3. The fraction of sp³-hybridized carbons (Fsp3) is 0.500. The maximum Gasteiger partial charge on any atom is 0.313 e. The first kappa shape index (κ1) is 17.0. The number of hydrogen-bond donors (Lipinski definition) is 2. The van der Waals surface area contributed by atoms with Crippen LogP contribution in [0.2, 0.25) is 0 Å². The Kier molecular flexibility index (Phi) is 6.21.